The molecule has 2 heterocycles. The van der Waals surface area contributed by atoms with Gasteiger partial charge in [-0.25, -0.2) is 9.97 Å². The van der Waals surface area contributed by atoms with Gasteiger partial charge in [-0.1, -0.05) is 23.7 Å². The number of hydrogen-bond acceptors (Lipinski definition) is 4. The maximum Gasteiger partial charge on any atom is 0.261 e. The fourth-order valence-electron chi connectivity index (χ4n) is 2.28. The lowest BCUT2D eigenvalue weighted by molar-refractivity contribution is -0.116. The van der Waals surface area contributed by atoms with Crippen molar-refractivity contribution >= 4 is 34.1 Å². The van der Waals surface area contributed by atoms with E-state index in [4.69, 9.17) is 11.6 Å². The van der Waals surface area contributed by atoms with Crippen LogP contribution in [0.4, 0.5) is 5.69 Å². The molecule has 0 atom stereocenters. The third kappa shape index (κ3) is 3.07. The summed E-state index contributed by atoms with van der Waals surface area (Å²) < 4.78 is 1.34. The summed E-state index contributed by atoms with van der Waals surface area (Å²) in [4.78, 5) is 32.9. The first-order chi connectivity index (χ1) is 11.1. The van der Waals surface area contributed by atoms with Crippen molar-refractivity contribution in [2.75, 3.05) is 5.32 Å². The summed E-state index contributed by atoms with van der Waals surface area (Å²) in [6.07, 6.45) is 1.53. The number of carbonyl (C=O) groups excluding carboxylic acids is 1. The number of halogens is 1. The van der Waals surface area contributed by atoms with Crippen molar-refractivity contribution in [2.24, 2.45) is 0 Å². The van der Waals surface area contributed by atoms with E-state index in [0.717, 1.165) is 0 Å². The molecule has 0 spiro atoms. The quantitative estimate of drug-likeness (QED) is 0.749. The first-order valence-electron chi connectivity index (χ1n) is 6.93. The lowest BCUT2D eigenvalue weighted by Crippen LogP contribution is -2.30. The highest BCUT2D eigenvalue weighted by atomic mass is 35.5. The van der Waals surface area contributed by atoms with Crippen molar-refractivity contribution in [3.8, 4) is 0 Å². The predicted molar refractivity (Wildman–Crippen MR) is 88.6 cm³/mol. The monoisotopic (exact) mass is 328 g/mol. The van der Waals surface area contributed by atoms with Crippen LogP contribution in [-0.4, -0.2) is 20.4 Å². The number of amides is 1. The number of aryl methyl sites for hydroxylation is 1. The molecule has 0 bridgehead atoms. The topological polar surface area (TPSA) is 76.9 Å². The van der Waals surface area contributed by atoms with Gasteiger partial charge in [0, 0.05) is 6.20 Å². The molecule has 2 aromatic heterocycles. The summed E-state index contributed by atoms with van der Waals surface area (Å²) in [5.74, 6) is 0.100. The minimum Gasteiger partial charge on any atom is -0.322 e. The maximum absolute atomic E-state index is 12.5. The Balaban J connectivity index is 1.91. The molecule has 1 amide bonds. The van der Waals surface area contributed by atoms with Crippen molar-refractivity contribution in [2.45, 2.75) is 13.5 Å². The molecule has 6 nitrogen and oxygen atoms in total. The Morgan fingerprint density at radius 2 is 2.04 bits per heavy atom. The van der Waals surface area contributed by atoms with E-state index in [2.05, 4.69) is 15.3 Å². The molecule has 0 aliphatic heterocycles. The minimum atomic E-state index is -0.373. The Morgan fingerprint density at radius 1 is 1.26 bits per heavy atom. The molecule has 1 N–H and O–H groups in total. The van der Waals surface area contributed by atoms with Gasteiger partial charge >= 0.3 is 0 Å². The number of pyridine rings is 1. The first-order valence-corrected chi connectivity index (χ1v) is 7.30. The van der Waals surface area contributed by atoms with Crippen molar-refractivity contribution in [1.82, 2.24) is 14.5 Å². The van der Waals surface area contributed by atoms with Crippen molar-refractivity contribution < 1.29 is 4.79 Å². The van der Waals surface area contributed by atoms with E-state index >= 15 is 0 Å². The summed E-state index contributed by atoms with van der Waals surface area (Å²) in [5.41, 5.74) is 0.765. The van der Waals surface area contributed by atoms with Crippen LogP contribution in [0, 0.1) is 6.92 Å². The number of para-hydroxylation sites is 1. The Labute approximate surface area is 136 Å². The zero-order chi connectivity index (χ0) is 16.4. The number of nitrogens with zero attached hydrogens (tertiary/aromatic N) is 3. The smallest absolute Gasteiger partial charge is 0.261 e. The lowest BCUT2D eigenvalue weighted by atomic mass is 10.2. The largest absolute Gasteiger partial charge is 0.322 e. The Hall–Kier alpha value is -2.73. The molecule has 3 aromatic rings. The number of fused-ring (bicyclic) bond motifs is 1. The van der Waals surface area contributed by atoms with Gasteiger partial charge in [0.1, 0.15) is 12.4 Å². The number of benzene rings is 1. The van der Waals surface area contributed by atoms with Crippen molar-refractivity contribution in [3.63, 3.8) is 0 Å². The summed E-state index contributed by atoms with van der Waals surface area (Å²) in [7, 11) is 0. The molecule has 0 fully saturated rings. The second-order valence-electron chi connectivity index (χ2n) is 4.96. The average molecular weight is 329 g/mol. The van der Waals surface area contributed by atoms with Crippen LogP contribution in [0.15, 0.2) is 47.4 Å². The molecular weight excluding hydrogens is 316 g/mol. The predicted octanol–water partition coefficient (Wildman–Crippen LogP) is 2.39. The zero-order valence-corrected chi connectivity index (χ0v) is 13.0. The van der Waals surface area contributed by atoms with Crippen molar-refractivity contribution in [3.05, 3.63) is 63.9 Å². The van der Waals surface area contributed by atoms with Gasteiger partial charge in [0.2, 0.25) is 5.91 Å². The molecule has 0 unspecified atom stereocenters. The summed E-state index contributed by atoms with van der Waals surface area (Å²) in [6, 6.07) is 10.3. The van der Waals surface area contributed by atoms with Gasteiger partial charge in [0.25, 0.3) is 5.56 Å². The molecular formula is C16H13ClN4O2. The van der Waals surface area contributed by atoms with Crippen LogP contribution in [0.5, 0.6) is 0 Å². The van der Waals surface area contributed by atoms with E-state index in [1.165, 1.54) is 10.8 Å². The van der Waals surface area contributed by atoms with Gasteiger partial charge in [-0.3, -0.25) is 14.2 Å². The van der Waals surface area contributed by atoms with E-state index in [1.54, 1.807) is 37.3 Å². The van der Waals surface area contributed by atoms with Crippen LogP contribution in [0.25, 0.3) is 10.9 Å². The summed E-state index contributed by atoms with van der Waals surface area (Å²) in [6.45, 7) is 1.55. The number of aromatic nitrogens is 3. The van der Waals surface area contributed by atoms with E-state index < -0.39 is 0 Å². The highest BCUT2D eigenvalue weighted by molar-refractivity contribution is 6.32. The highest BCUT2D eigenvalue weighted by Gasteiger charge is 2.12. The minimum absolute atomic E-state index is 0.145. The van der Waals surface area contributed by atoms with E-state index in [-0.39, 0.29) is 23.2 Å². The zero-order valence-electron chi connectivity index (χ0n) is 12.3. The number of hydrogen-bond donors (Lipinski definition) is 1. The molecule has 0 radical (unpaired) electrons. The van der Waals surface area contributed by atoms with Crippen LogP contribution in [0.3, 0.4) is 0 Å². The van der Waals surface area contributed by atoms with Crippen LogP contribution in [-0.2, 0) is 11.3 Å². The SMILES string of the molecule is Cc1nc2ccccc2c(=O)n1CC(=O)Nc1cccnc1Cl. The van der Waals surface area contributed by atoms with Gasteiger partial charge in [-0.05, 0) is 31.2 Å². The second kappa shape index (κ2) is 6.18. The van der Waals surface area contributed by atoms with Crippen molar-refractivity contribution in [1.29, 1.82) is 0 Å². The van der Waals surface area contributed by atoms with Gasteiger partial charge in [0.15, 0.2) is 5.15 Å². The molecule has 7 heteroatoms. The van der Waals surface area contributed by atoms with E-state index in [9.17, 15) is 9.59 Å². The van der Waals surface area contributed by atoms with Gasteiger partial charge in [-0.15, -0.1) is 0 Å². The summed E-state index contributed by atoms with van der Waals surface area (Å²) >= 11 is 5.91. The average Bonchev–Trinajstić information content (AvgIpc) is 2.54. The number of anilines is 1. The standard InChI is InChI=1S/C16H13ClN4O2/c1-10-19-12-6-3-2-5-11(12)16(23)21(10)9-14(22)20-13-7-4-8-18-15(13)17/h2-8H,9H2,1H3,(H,20,22). The van der Waals surface area contributed by atoms with Crippen LogP contribution < -0.4 is 10.9 Å². The molecule has 116 valence electrons. The Morgan fingerprint density at radius 3 is 2.83 bits per heavy atom. The number of rotatable bonds is 3. The Kier molecular flexibility index (Phi) is 4.08. The second-order valence-corrected chi connectivity index (χ2v) is 5.32. The van der Waals surface area contributed by atoms with Crippen LogP contribution in [0.1, 0.15) is 5.82 Å². The van der Waals surface area contributed by atoms with E-state index in [1.807, 2.05) is 6.07 Å². The molecule has 0 saturated carbocycles. The molecule has 0 aliphatic carbocycles. The van der Waals surface area contributed by atoms with Crippen LogP contribution >= 0.6 is 11.6 Å². The summed E-state index contributed by atoms with van der Waals surface area (Å²) in [5, 5.41) is 3.31. The Bertz CT molecular complexity index is 952. The van der Waals surface area contributed by atoms with Gasteiger partial charge < -0.3 is 5.32 Å². The maximum atomic E-state index is 12.5. The molecule has 23 heavy (non-hydrogen) atoms. The number of nitrogens with one attached hydrogen (secondary N) is 1. The molecule has 3 rings (SSSR count). The van der Waals surface area contributed by atoms with Crippen LogP contribution in [0.2, 0.25) is 5.15 Å². The first kappa shape index (κ1) is 15.2. The molecule has 0 aliphatic rings. The fourth-order valence-corrected chi connectivity index (χ4v) is 2.44. The third-order valence-electron chi connectivity index (χ3n) is 3.39. The molecule has 1 aromatic carbocycles. The normalized spacial score (nSPS) is 10.7. The van der Waals surface area contributed by atoms with Gasteiger partial charge in [0.05, 0.1) is 16.6 Å². The molecule has 0 saturated heterocycles. The lowest BCUT2D eigenvalue weighted by Gasteiger charge is -2.11. The fraction of sp³-hybridized carbons (Fsp3) is 0.125. The van der Waals surface area contributed by atoms with E-state index in [0.29, 0.717) is 22.4 Å². The number of carbonyl (C=O) groups is 1. The third-order valence-corrected chi connectivity index (χ3v) is 3.69. The van der Waals surface area contributed by atoms with Gasteiger partial charge in [-0.2, -0.15) is 0 Å². The highest BCUT2D eigenvalue weighted by Crippen LogP contribution is 2.17.